The van der Waals surface area contributed by atoms with E-state index >= 15 is 0 Å². The first-order valence-corrected chi connectivity index (χ1v) is 6.44. The van der Waals surface area contributed by atoms with Crippen LogP contribution in [0.5, 0.6) is 5.75 Å². The number of nitriles is 1. The molecular weight excluding hydrogens is 286 g/mol. The molecule has 0 aliphatic carbocycles. The summed E-state index contributed by atoms with van der Waals surface area (Å²) >= 11 is 7.12. The largest absolute Gasteiger partial charge is 0.487 e. The number of hydrogen-bond donors (Lipinski definition) is 1. The van der Waals surface area contributed by atoms with Gasteiger partial charge in [-0.1, -0.05) is 11.6 Å². The molecule has 2 rings (SSSR count). The van der Waals surface area contributed by atoms with Gasteiger partial charge in [0.15, 0.2) is 0 Å². The minimum Gasteiger partial charge on any atom is -0.487 e. The van der Waals surface area contributed by atoms with Gasteiger partial charge >= 0.3 is 5.97 Å². The number of nitrogens with zero attached hydrogens (tertiary/aromatic N) is 1. The zero-order valence-corrected chi connectivity index (χ0v) is 11.2. The fraction of sp³-hybridized carbons (Fsp3) is 0.0769. The van der Waals surface area contributed by atoms with Crippen molar-refractivity contribution in [1.82, 2.24) is 0 Å². The summed E-state index contributed by atoms with van der Waals surface area (Å²) in [6, 6.07) is 9.96. The van der Waals surface area contributed by atoms with Gasteiger partial charge in [-0.2, -0.15) is 5.26 Å². The number of rotatable bonds is 4. The molecule has 1 heterocycles. The lowest BCUT2D eigenvalue weighted by Crippen LogP contribution is -1.94. The Morgan fingerprint density at radius 1 is 1.42 bits per heavy atom. The molecule has 0 atom stereocenters. The molecule has 0 aliphatic heterocycles. The third-order valence-corrected chi connectivity index (χ3v) is 3.65. The minimum atomic E-state index is -0.951. The van der Waals surface area contributed by atoms with Crippen LogP contribution in [0.25, 0.3) is 0 Å². The highest BCUT2D eigenvalue weighted by atomic mass is 35.5. The summed E-state index contributed by atoms with van der Waals surface area (Å²) in [6.07, 6.45) is 0. The number of carboxylic acids is 1. The summed E-state index contributed by atoms with van der Waals surface area (Å²) in [5.74, 6) is -0.487. The van der Waals surface area contributed by atoms with E-state index in [1.807, 2.05) is 6.07 Å². The maximum Gasteiger partial charge on any atom is 0.345 e. The second-order valence-electron chi connectivity index (χ2n) is 3.62. The van der Waals surface area contributed by atoms with E-state index in [9.17, 15) is 4.79 Å². The van der Waals surface area contributed by atoms with E-state index in [1.54, 1.807) is 18.2 Å². The zero-order valence-electron chi connectivity index (χ0n) is 9.59. The van der Waals surface area contributed by atoms with Crippen LogP contribution < -0.4 is 4.74 Å². The molecule has 4 nitrogen and oxygen atoms in total. The lowest BCUT2D eigenvalue weighted by Gasteiger charge is -2.06. The van der Waals surface area contributed by atoms with Crippen molar-refractivity contribution >= 4 is 28.9 Å². The predicted molar refractivity (Wildman–Crippen MR) is 71.8 cm³/mol. The highest BCUT2D eigenvalue weighted by molar-refractivity contribution is 7.13. The predicted octanol–water partition coefficient (Wildman–Crippen LogP) is 3.55. The van der Waals surface area contributed by atoms with E-state index in [-0.39, 0.29) is 11.5 Å². The standard InChI is InChI=1S/C13H8ClNO3S/c14-10-5-8(6-15)1-3-11(10)18-7-9-2-4-12(19-9)13(16)17/h1-5H,7H2,(H,16,17). The van der Waals surface area contributed by atoms with Crippen LogP contribution in [0.3, 0.4) is 0 Å². The van der Waals surface area contributed by atoms with Crippen molar-refractivity contribution < 1.29 is 14.6 Å². The lowest BCUT2D eigenvalue weighted by molar-refractivity contribution is 0.0702. The van der Waals surface area contributed by atoms with Crippen molar-refractivity contribution in [3.05, 3.63) is 50.7 Å². The minimum absolute atomic E-state index is 0.240. The Bertz CT molecular complexity index is 660. The molecule has 1 aromatic heterocycles. The molecule has 0 saturated heterocycles. The number of thiophene rings is 1. The van der Waals surface area contributed by atoms with Gasteiger partial charge in [-0.15, -0.1) is 11.3 Å². The summed E-state index contributed by atoms with van der Waals surface area (Å²) in [5, 5.41) is 17.9. The Morgan fingerprint density at radius 2 is 2.21 bits per heavy atom. The Labute approximate surface area is 118 Å². The van der Waals surface area contributed by atoms with Gasteiger partial charge in [-0.3, -0.25) is 0 Å². The molecular formula is C13H8ClNO3S. The number of hydrogen-bond acceptors (Lipinski definition) is 4. The number of halogens is 1. The molecule has 0 spiro atoms. The Hall–Kier alpha value is -2.03. The third kappa shape index (κ3) is 3.25. The maximum atomic E-state index is 10.7. The molecule has 0 saturated carbocycles. The molecule has 0 fully saturated rings. The lowest BCUT2D eigenvalue weighted by atomic mass is 10.2. The van der Waals surface area contributed by atoms with Crippen molar-refractivity contribution in [3.8, 4) is 11.8 Å². The highest BCUT2D eigenvalue weighted by Gasteiger charge is 2.08. The van der Waals surface area contributed by atoms with Crippen LogP contribution in [-0.2, 0) is 6.61 Å². The Morgan fingerprint density at radius 3 is 2.79 bits per heavy atom. The smallest absolute Gasteiger partial charge is 0.345 e. The number of carboxylic acid groups (broad SMARTS) is 1. The molecule has 96 valence electrons. The highest BCUT2D eigenvalue weighted by Crippen LogP contribution is 2.27. The van der Waals surface area contributed by atoms with E-state index in [1.165, 1.54) is 12.1 Å². The van der Waals surface area contributed by atoms with E-state index in [0.717, 1.165) is 16.2 Å². The van der Waals surface area contributed by atoms with Crippen molar-refractivity contribution in [2.45, 2.75) is 6.61 Å². The van der Waals surface area contributed by atoms with Gasteiger partial charge in [0.1, 0.15) is 17.2 Å². The normalized spacial score (nSPS) is 9.89. The first kappa shape index (κ1) is 13.4. The van der Waals surface area contributed by atoms with E-state index in [4.69, 9.17) is 26.7 Å². The van der Waals surface area contributed by atoms with Gasteiger partial charge in [0.05, 0.1) is 16.7 Å². The molecule has 0 amide bonds. The molecule has 0 unspecified atom stereocenters. The summed E-state index contributed by atoms with van der Waals surface area (Å²) in [6.45, 7) is 0.240. The second kappa shape index (κ2) is 5.74. The molecule has 0 aliphatic rings. The topological polar surface area (TPSA) is 70.3 Å². The summed E-state index contributed by atoms with van der Waals surface area (Å²) in [7, 11) is 0. The molecule has 0 bridgehead atoms. The number of carbonyl (C=O) groups is 1. The first-order valence-electron chi connectivity index (χ1n) is 5.24. The number of benzene rings is 1. The van der Waals surface area contributed by atoms with Gasteiger partial charge in [0.2, 0.25) is 0 Å². The van der Waals surface area contributed by atoms with Crippen LogP contribution in [0.4, 0.5) is 0 Å². The van der Waals surface area contributed by atoms with Crippen molar-refractivity contribution in [1.29, 1.82) is 5.26 Å². The van der Waals surface area contributed by atoms with Crippen molar-refractivity contribution in [3.63, 3.8) is 0 Å². The fourth-order valence-electron chi connectivity index (χ4n) is 1.41. The summed E-state index contributed by atoms with van der Waals surface area (Å²) in [5.41, 5.74) is 0.460. The average molecular weight is 294 g/mol. The van der Waals surface area contributed by atoms with Crippen LogP contribution in [-0.4, -0.2) is 11.1 Å². The Kier molecular flexibility index (Phi) is 4.05. The van der Waals surface area contributed by atoms with Crippen LogP contribution in [0.1, 0.15) is 20.1 Å². The van der Waals surface area contributed by atoms with Gasteiger partial charge in [-0.25, -0.2) is 4.79 Å². The fourth-order valence-corrected chi connectivity index (χ4v) is 2.40. The second-order valence-corrected chi connectivity index (χ2v) is 5.19. The quantitative estimate of drug-likeness (QED) is 0.936. The zero-order chi connectivity index (χ0) is 13.8. The number of ether oxygens (including phenoxy) is 1. The van der Waals surface area contributed by atoms with E-state index < -0.39 is 5.97 Å². The van der Waals surface area contributed by atoms with E-state index in [0.29, 0.717) is 16.3 Å². The monoisotopic (exact) mass is 293 g/mol. The third-order valence-electron chi connectivity index (χ3n) is 2.30. The van der Waals surface area contributed by atoms with Crippen LogP contribution in [0.15, 0.2) is 30.3 Å². The van der Waals surface area contributed by atoms with E-state index in [2.05, 4.69) is 0 Å². The summed E-state index contributed by atoms with van der Waals surface area (Å²) in [4.78, 5) is 11.8. The average Bonchev–Trinajstić information content (AvgIpc) is 2.86. The molecule has 1 aromatic carbocycles. The molecule has 19 heavy (non-hydrogen) atoms. The molecule has 6 heteroatoms. The maximum absolute atomic E-state index is 10.7. The van der Waals surface area contributed by atoms with Gasteiger partial charge in [0.25, 0.3) is 0 Å². The summed E-state index contributed by atoms with van der Waals surface area (Å²) < 4.78 is 5.49. The Balaban J connectivity index is 2.06. The first-order chi connectivity index (χ1) is 9.10. The van der Waals surface area contributed by atoms with Gasteiger partial charge in [-0.05, 0) is 30.3 Å². The van der Waals surface area contributed by atoms with Crippen molar-refractivity contribution in [2.24, 2.45) is 0 Å². The molecule has 0 radical (unpaired) electrons. The van der Waals surface area contributed by atoms with Crippen LogP contribution in [0.2, 0.25) is 5.02 Å². The molecule has 2 aromatic rings. The van der Waals surface area contributed by atoms with Crippen LogP contribution in [0, 0.1) is 11.3 Å². The van der Waals surface area contributed by atoms with Gasteiger partial charge < -0.3 is 9.84 Å². The molecule has 1 N–H and O–H groups in total. The van der Waals surface area contributed by atoms with Crippen LogP contribution >= 0.6 is 22.9 Å². The SMILES string of the molecule is N#Cc1ccc(OCc2ccc(C(=O)O)s2)c(Cl)c1. The number of aromatic carboxylic acids is 1. The van der Waals surface area contributed by atoms with Crippen molar-refractivity contribution in [2.75, 3.05) is 0 Å². The van der Waals surface area contributed by atoms with Gasteiger partial charge in [0, 0.05) is 4.88 Å².